The molecule has 29 heavy (non-hydrogen) atoms. The first kappa shape index (κ1) is 22.7. The summed E-state index contributed by atoms with van der Waals surface area (Å²) in [6, 6.07) is 2.47. The zero-order valence-electron chi connectivity index (χ0n) is 15.8. The van der Waals surface area contributed by atoms with E-state index in [-0.39, 0.29) is 23.7 Å². The SMILES string of the molecule is CC(=O)Nc1cc(C(=O)N2CCNCC2c2nccn2C)cc(C(F)(F)F)c1.Cl. The van der Waals surface area contributed by atoms with Crippen LogP contribution in [0.15, 0.2) is 30.6 Å². The van der Waals surface area contributed by atoms with Crippen LogP contribution < -0.4 is 10.6 Å². The van der Waals surface area contributed by atoms with E-state index >= 15 is 0 Å². The Bertz CT molecular complexity index is 900. The number of amides is 2. The minimum atomic E-state index is -4.65. The molecule has 0 radical (unpaired) electrons. The number of hydrogen-bond acceptors (Lipinski definition) is 4. The van der Waals surface area contributed by atoms with Crippen molar-refractivity contribution in [2.45, 2.75) is 19.1 Å². The van der Waals surface area contributed by atoms with E-state index in [2.05, 4.69) is 15.6 Å². The van der Waals surface area contributed by atoms with Crippen LogP contribution in [-0.4, -0.2) is 45.9 Å². The maximum absolute atomic E-state index is 13.3. The van der Waals surface area contributed by atoms with Gasteiger partial charge in [-0.05, 0) is 18.2 Å². The van der Waals surface area contributed by atoms with Gasteiger partial charge in [0.25, 0.3) is 5.91 Å². The van der Waals surface area contributed by atoms with Crippen LogP contribution in [0.1, 0.15) is 34.7 Å². The fourth-order valence-electron chi connectivity index (χ4n) is 3.23. The average molecular weight is 432 g/mol. The van der Waals surface area contributed by atoms with Crippen LogP contribution in [-0.2, 0) is 18.0 Å². The number of anilines is 1. The van der Waals surface area contributed by atoms with E-state index in [0.29, 0.717) is 25.5 Å². The van der Waals surface area contributed by atoms with Gasteiger partial charge in [0.1, 0.15) is 11.9 Å². The molecule has 1 saturated heterocycles. The molecular formula is C18H21ClF3N5O2. The highest BCUT2D eigenvalue weighted by atomic mass is 35.5. The summed E-state index contributed by atoms with van der Waals surface area (Å²) in [4.78, 5) is 30.2. The van der Waals surface area contributed by atoms with Gasteiger partial charge in [-0.2, -0.15) is 13.2 Å². The molecule has 7 nitrogen and oxygen atoms in total. The van der Waals surface area contributed by atoms with E-state index in [1.54, 1.807) is 24.0 Å². The van der Waals surface area contributed by atoms with Gasteiger partial charge in [-0.15, -0.1) is 12.4 Å². The van der Waals surface area contributed by atoms with Gasteiger partial charge < -0.3 is 20.1 Å². The van der Waals surface area contributed by atoms with Gasteiger partial charge in [-0.25, -0.2) is 4.98 Å². The highest BCUT2D eigenvalue weighted by Crippen LogP contribution is 2.33. The number of aromatic nitrogens is 2. The maximum Gasteiger partial charge on any atom is 0.416 e. The molecule has 158 valence electrons. The first-order valence-electron chi connectivity index (χ1n) is 8.65. The highest BCUT2D eigenvalue weighted by molar-refractivity contribution is 5.97. The zero-order chi connectivity index (χ0) is 20.5. The lowest BCUT2D eigenvalue weighted by molar-refractivity contribution is -0.137. The van der Waals surface area contributed by atoms with Crippen molar-refractivity contribution in [2.75, 3.05) is 25.0 Å². The molecule has 0 bridgehead atoms. The average Bonchev–Trinajstić information content (AvgIpc) is 3.05. The van der Waals surface area contributed by atoms with Crippen LogP contribution in [0.3, 0.4) is 0 Å². The molecule has 0 saturated carbocycles. The normalized spacial score (nSPS) is 16.9. The number of carbonyl (C=O) groups is 2. The fraction of sp³-hybridized carbons (Fsp3) is 0.389. The lowest BCUT2D eigenvalue weighted by Gasteiger charge is -2.36. The van der Waals surface area contributed by atoms with Crippen LogP contribution in [0, 0.1) is 0 Å². The van der Waals surface area contributed by atoms with Crippen molar-refractivity contribution in [1.82, 2.24) is 19.8 Å². The van der Waals surface area contributed by atoms with Crippen molar-refractivity contribution >= 4 is 29.9 Å². The van der Waals surface area contributed by atoms with Crippen molar-refractivity contribution < 1.29 is 22.8 Å². The minimum absolute atomic E-state index is 0. The molecule has 2 amide bonds. The van der Waals surface area contributed by atoms with Gasteiger partial charge in [-0.1, -0.05) is 0 Å². The van der Waals surface area contributed by atoms with Gasteiger partial charge in [0.15, 0.2) is 0 Å². The predicted octanol–water partition coefficient (Wildman–Crippen LogP) is 2.61. The summed E-state index contributed by atoms with van der Waals surface area (Å²) in [6.45, 7) is 2.47. The summed E-state index contributed by atoms with van der Waals surface area (Å²) >= 11 is 0. The summed E-state index contributed by atoms with van der Waals surface area (Å²) < 4.78 is 41.6. The van der Waals surface area contributed by atoms with Crippen molar-refractivity contribution in [3.05, 3.63) is 47.5 Å². The summed E-state index contributed by atoms with van der Waals surface area (Å²) in [5.74, 6) is -0.437. The molecule has 1 fully saturated rings. The highest BCUT2D eigenvalue weighted by Gasteiger charge is 2.35. The Morgan fingerprint density at radius 3 is 2.59 bits per heavy atom. The van der Waals surface area contributed by atoms with E-state index in [1.807, 2.05) is 0 Å². The number of piperazine rings is 1. The van der Waals surface area contributed by atoms with Crippen LogP contribution >= 0.6 is 12.4 Å². The quantitative estimate of drug-likeness (QED) is 0.783. The number of imidazole rings is 1. The van der Waals surface area contributed by atoms with Gasteiger partial charge in [0.05, 0.1) is 5.56 Å². The molecule has 0 spiro atoms. The second kappa shape index (κ2) is 8.83. The van der Waals surface area contributed by atoms with Gasteiger partial charge in [0.2, 0.25) is 5.91 Å². The van der Waals surface area contributed by atoms with Crippen molar-refractivity contribution in [3.63, 3.8) is 0 Å². The first-order chi connectivity index (χ1) is 13.2. The summed E-state index contributed by atoms with van der Waals surface area (Å²) in [5.41, 5.74) is -1.21. The second-order valence-corrected chi connectivity index (χ2v) is 6.59. The standard InChI is InChI=1S/C18H20F3N5O2.ClH/c1-11(27)24-14-8-12(7-13(9-14)18(19,20)21)17(28)26-6-3-22-10-15(26)16-23-4-5-25(16)2;/h4-5,7-9,15,22H,3,6,10H2,1-2H3,(H,24,27);1H. The molecule has 11 heteroatoms. The molecule has 1 aliphatic rings. The number of nitrogens with one attached hydrogen (secondary N) is 2. The van der Waals surface area contributed by atoms with Crippen molar-refractivity contribution in [2.24, 2.45) is 7.05 Å². The second-order valence-electron chi connectivity index (χ2n) is 6.59. The number of rotatable bonds is 3. The van der Waals surface area contributed by atoms with Gasteiger partial charge in [-0.3, -0.25) is 9.59 Å². The molecule has 2 heterocycles. The minimum Gasteiger partial charge on any atom is -0.336 e. The third-order valence-electron chi connectivity index (χ3n) is 4.49. The number of aryl methyl sites for hydroxylation is 1. The summed E-state index contributed by atoms with van der Waals surface area (Å²) in [6.07, 6.45) is -1.30. The van der Waals surface area contributed by atoms with Gasteiger partial charge >= 0.3 is 6.18 Å². The zero-order valence-corrected chi connectivity index (χ0v) is 16.6. The monoisotopic (exact) mass is 431 g/mol. The number of alkyl halides is 3. The summed E-state index contributed by atoms with van der Waals surface area (Å²) in [7, 11) is 1.79. The van der Waals surface area contributed by atoms with E-state index in [9.17, 15) is 22.8 Å². The molecule has 2 aromatic rings. The number of carbonyl (C=O) groups excluding carboxylic acids is 2. The Kier molecular flexibility index (Phi) is 6.91. The maximum atomic E-state index is 13.3. The first-order valence-corrected chi connectivity index (χ1v) is 8.65. The molecule has 1 aromatic heterocycles. The van der Waals surface area contributed by atoms with E-state index in [4.69, 9.17) is 0 Å². The number of halogens is 4. The molecular weight excluding hydrogens is 411 g/mol. The van der Waals surface area contributed by atoms with Gasteiger partial charge in [0, 0.05) is 57.3 Å². The van der Waals surface area contributed by atoms with E-state index in [1.165, 1.54) is 17.9 Å². The Morgan fingerprint density at radius 2 is 2.00 bits per heavy atom. The molecule has 1 atom stereocenters. The largest absolute Gasteiger partial charge is 0.416 e. The summed E-state index contributed by atoms with van der Waals surface area (Å²) in [5, 5.41) is 5.50. The molecule has 2 N–H and O–H groups in total. The molecule has 1 aromatic carbocycles. The van der Waals surface area contributed by atoms with Crippen molar-refractivity contribution in [1.29, 1.82) is 0 Å². The van der Waals surface area contributed by atoms with E-state index in [0.717, 1.165) is 12.1 Å². The van der Waals surface area contributed by atoms with Crippen LogP contribution in [0.4, 0.5) is 18.9 Å². The smallest absolute Gasteiger partial charge is 0.336 e. The Hall–Kier alpha value is -2.59. The lowest BCUT2D eigenvalue weighted by Crippen LogP contribution is -2.49. The van der Waals surface area contributed by atoms with E-state index < -0.39 is 29.6 Å². The molecule has 1 unspecified atom stereocenters. The topological polar surface area (TPSA) is 79.3 Å². The van der Waals surface area contributed by atoms with Crippen LogP contribution in [0.5, 0.6) is 0 Å². The predicted molar refractivity (Wildman–Crippen MR) is 103 cm³/mol. The lowest BCUT2D eigenvalue weighted by atomic mass is 10.0. The third-order valence-corrected chi connectivity index (χ3v) is 4.49. The van der Waals surface area contributed by atoms with Crippen molar-refractivity contribution in [3.8, 4) is 0 Å². The number of hydrogen-bond donors (Lipinski definition) is 2. The Morgan fingerprint density at radius 1 is 1.28 bits per heavy atom. The molecule has 0 aliphatic carbocycles. The third kappa shape index (κ3) is 5.07. The number of nitrogens with zero attached hydrogens (tertiary/aromatic N) is 3. The Labute approximate surface area is 171 Å². The van der Waals surface area contributed by atoms with Crippen LogP contribution in [0.2, 0.25) is 0 Å². The van der Waals surface area contributed by atoms with Crippen LogP contribution in [0.25, 0.3) is 0 Å². The fourth-order valence-corrected chi connectivity index (χ4v) is 3.23. The molecule has 3 rings (SSSR count). The molecule has 1 aliphatic heterocycles. The number of benzene rings is 1. The Balaban J connectivity index is 0.00000300.